The minimum Gasteiger partial charge on any atom is -0.454 e. The average Bonchev–Trinajstić information content (AvgIpc) is 3.05. The fourth-order valence-corrected chi connectivity index (χ4v) is 6.04. The lowest BCUT2D eigenvalue weighted by Crippen LogP contribution is -2.48. The van der Waals surface area contributed by atoms with E-state index in [0.717, 1.165) is 11.4 Å². The minimum atomic E-state index is -3.80. The monoisotopic (exact) mass is 476 g/mol. The number of nitrogens with zero attached hydrogens (tertiary/aromatic N) is 2. The zero-order valence-electron chi connectivity index (χ0n) is 20.0. The molecule has 1 aliphatic rings. The fraction of sp³-hybridized carbons (Fsp3) is 0.500. The molecule has 1 aromatic carbocycles. The maximum absolute atomic E-state index is 13.1. The summed E-state index contributed by atoms with van der Waals surface area (Å²) < 4.78 is 40.4. The van der Waals surface area contributed by atoms with Crippen LogP contribution in [0.5, 0.6) is 0 Å². The molecule has 9 heteroatoms. The number of aryl methyl sites for hydroxylation is 1. The summed E-state index contributed by atoms with van der Waals surface area (Å²) in [6.45, 7) is 11.6. The van der Waals surface area contributed by atoms with E-state index in [-0.39, 0.29) is 47.6 Å². The number of Topliss-reactive ketones (excluding diaryl/α,β-unsaturated/α-hetero) is 1. The van der Waals surface area contributed by atoms with Gasteiger partial charge in [-0.2, -0.15) is 4.31 Å². The van der Waals surface area contributed by atoms with Crippen molar-refractivity contribution in [2.24, 2.45) is 0 Å². The van der Waals surface area contributed by atoms with Gasteiger partial charge in [0.15, 0.2) is 6.61 Å². The van der Waals surface area contributed by atoms with Crippen molar-refractivity contribution in [1.29, 1.82) is 0 Å². The molecule has 180 valence electrons. The maximum Gasteiger partial charge on any atom is 0.338 e. The molecule has 2 unspecified atom stereocenters. The first-order chi connectivity index (χ1) is 15.4. The highest BCUT2D eigenvalue weighted by Crippen LogP contribution is 2.23. The molecule has 0 amide bonds. The van der Waals surface area contributed by atoms with E-state index in [9.17, 15) is 18.0 Å². The first-order valence-electron chi connectivity index (χ1n) is 11.1. The largest absolute Gasteiger partial charge is 0.454 e. The molecule has 1 fully saturated rings. The molecular formula is C24H32N2O6S. The second-order valence-corrected chi connectivity index (χ2v) is 10.8. The van der Waals surface area contributed by atoms with E-state index in [4.69, 9.17) is 9.47 Å². The van der Waals surface area contributed by atoms with Gasteiger partial charge in [0.25, 0.3) is 0 Å². The number of hydrogen-bond donors (Lipinski definition) is 0. The highest BCUT2D eigenvalue weighted by atomic mass is 32.2. The van der Waals surface area contributed by atoms with Gasteiger partial charge in [-0.05, 0) is 65.8 Å². The molecule has 0 radical (unpaired) electrons. The highest BCUT2D eigenvalue weighted by molar-refractivity contribution is 7.89. The van der Waals surface area contributed by atoms with Crippen molar-refractivity contribution in [2.75, 3.05) is 19.7 Å². The predicted octanol–water partition coefficient (Wildman–Crippen LogP) is 3.52. The van der Waals surface area contributed by atoms with Gasteiger partial charge in [-0.25, -0.2) is 13.2 Å². The molecule has 0 N–H and O–H groups in total. The summed E-state index contributed by atoms with van der Waals surface area (Å²) in [6, 6.07) is 7.70. The summed E-state index contributed by atoms with van der Waals surface area (Å²) in [7, 11) is -3.80. The topological polar surface area (TPSA) is 94.9 Å². The van der Waals surface area contributed by atoms with Crippen LogP contribution in [0.2, 0.25) is 0 Å². The zero-order chi connectivity index (χ0) is 24.5. The lowest BCUT2D eigenvalue weighted by atomic mass is 10.1. The molecule has 33 heavy (non-hydrogen) atoms. The van der Waals surface area contributed by atoms with Crippen LogP contribution >= 0.6 is 0 Å². The number of esters is 1. The number of morpholine rings is 1. The number of hydrogen-bond acceptors (Lipinski definition) is 6. The number of ketones is 1. The van der Waals surface area contributed by atoms with Crippen LogP contribution in [0, 0.1) is 13.8 Å². The number of rotatable bonds is 7. The van der Waals surface area contributed by atoms with Crippen molar-refractivity contribution >= 4 is 21.8 Å². The van der Waals surface area contributed by atoms with Crippen LogP contribution in [0.3, 0.4) is 0 Å². The Morgan fingerprint density at radius 2 is 1.76 bits per heavy atom. The third-order valence-electron chi connectivity index (χ3n) is 5.73. The Balaban J connectivity index is 1.73. The first-order valence-corrected chi connectivity index (χ1v) is 12.5. The van der Waals surface area contributed by atoms with Crippen LogP contribution in [0.15, 0.2) is 35.2 Å². The van der Waals surface area contributed by atoms with Gasteiger partial charge in [0, 0.05) is 36.1 Å². The Bertz CT molecular complexity index is 1140. The van der Waals surface area contributed by atoms with Crippen LogP contribution in [-0.2, 0) is 19.5 Å². The molecular weight excluding hydrogens is 444 g/mol. The van der Waals surface area contributed by atoms with Crippen molar-refractivity contribution in [1.82, 2.24) is 8.87 Å². The van der Waals surface area contributed by atoms with Crippen molar-refractivity contribution in [2.45, 2.75) is 64.7 Å². The fourth-order valence-electron chi connectivity index (χ4n) is 4.41. The molecule has 1 saturated heterocycles. The Kier molecular flexibility index (Phi) is 7.45. The van der Waals surface area contributed by atoms with Crippen LogP contribution in [0.4, 0.5) is 0 Å². The molecule has 1 aliphatic heterocycles. The number of carbonyl (C=O) groups is 2. The zero-order valence-corrected chi connectivity index (χ0v) is 20.8. The van der Waals surface area contributed by atoms with E-state index >= 15 is 0 Å². The number of sulfonamides is 1. The summed E-state index contributed by atoms with van der Waals surface area (Å²) in [5.74, 6) is -1.05. The van der Waals surface area contributed by atoms with Gasteiger partial charge in [-0.15, -0.1) is 0 Å². The Hall–Kier alpha value is -2.49. The maximum atomic E-state index is 13.1. The summed E-state index contributed by atoms with van der Waals surface area (Å²) in [4.78, 5) is 25.3. The number of benzene rings is 1. The normalized spacial score (nSPS) is 19.6. The van der Waals surface area contributed by atoms with E-state index in [1.165, 1.54) is 28.6 Å². The van der Waals surface area contributed by atoms with Crippen LogP contribution < -0.4 is 0 Å². The molecule has 1 aromatic heterocycles. The van der Waals surface area contributed by atoms with Gasteiger partial charge in [-0.1, -0.05) is 6.07 Å². The van der Waals surface area contributed by atoms with Gasteiger partial charge in [-0.3, -0.25) is 4.79 Å². The average molecular weight is 477 g/mol. The van der Waals surface area contributed by atoms with Gasteiger partial charge in [0.2, 0.25) is 15.8 Å². The summed E-state index contributed by atoms with van der Waals surface area (Å²) in [5, 5.41) is 0. The predicted molar refractivity (Wildman–Crippen MR) is 124 cm³/mol. The SMILES string of the molecule is Cc1cc(C(=O)COC(=O)c2cccc(S(=O)(=O)N3CC(C)OC(C)C3)c2)c(C)n1C(C)C. The van der Waals surface area contributed by atoms with Crippen molar-refractivity contribution in [3.8, 4) is 0 Å². The van der Waals surface area contributed by atoms with E-state index in [2.05, 4.69) is 4.57 Å². The Morgan fingerprint density at radius 1 is 1.12 bits per heavy atom. The third kappa shape index (κ3) is 5.37. The van der Waals surface area contributed by atoms with Gasteiger partial charge in [0.05, 0.1) is 22.7 Å². The standard InChI is InChI=1S/C24H32N2O6S/c1-15(2)26-16(3)10-22(19(26)6)23(27)14-31-24(28)20-8-7-9-21(11-20)33(29,30)25-12-17(4)32-18(5)13-25/h7-11,15,17-18H,12-14H2,1-6H3. The molecule has 3 rings (SSSR count). The second-order valence-electron chi connectivity index (χ2n) is 8.86. The molecule has 0 aliphatic carbocycles. The minimum absolute atomic E-state index is 0.00468. The molecule has 2 aromatic rings. The summed E-state index contributed by atoms with van der Waals surface area (Å²) in [6.07, 6.45) is -0.444. The van der Waals surface area contributed by atoms with E-state index in [1.807, 2.05) is 41.5 Å². The quantitative estimate of drug-likeness (QED) is 0.448. The third-order valence-corrected chi connectivity index (χ3v) is 7.56. The van der Waals surface area contributed by atoms with Gasteiger partial charge < -0.3 is 14.0 Å². The van der Waals surface area contributed by atoms with E-state index < -0.39 is 22.6 Å². The number of carbonyl (C=O) groups excluding carboxylic acids is 2. The van der Waals surface area contributed by atoms with E-state index in [0.29, 0.717) is 5.56 Å². The van der Waals surface area contributed by atoms with Crippen LogP contribution in [-0.4, -0.2) is 60.9 Å². The van der Waals surface area contributed by atoms with Gasteiger partial charge >= 0.3 is 5.97 Å². The molecule has 8 nitrogen and oxygen atoms in total. The number of ether oxygens (including phenoxy) is 2. The Labute approximate surface area is 195 Å². The molecule has 2 heterocycles. The Morgan fingerprint density at radius 3 is 2.33 bits per heavy atom. The highest BCUT2D eigenvalue weighted by Gasteiger charge is 2.32. The lowest BCUT2D eigenvalue weighted by molar-refractivity contribution is -0.0440. The molecule has 0 spiro atoms. The van der Waals surface area contributed by atoms with Crippen molar-refractivity contribution < 1.29 is 27.5 Å². The van der Waals surface area contributed by atoms with Crippen molar-refractivity contribution in [3.63, 3.8) is 0 Å². The smallest absolute Gasteiger partial charge is 0.338 e. The summed E-state index contributed by atoms with van der Waals surface area (Å²) >= 11 is 0. The van der Waals surface area contributed by atoms with Gasteiger partial charge in [0.1, 0.15) is 0 Å². The van der Waals surface area contributed by atoms with Crippen molar-refractivity contribution in [3.05, 3.63) is 52.8 Å². The van der Waals surface area contributed by atoms with Crippen LogP contribution in [0.25, 0.3) is 0 Å². The molecule has 0 bridgehead atoms. The lowest BCUT2D eigenvalue weighted by Gasteiger charge is -2.34. The van der Waals surface area contributed by atoms with Crippen LogP contribution in [0.1, 0.15) is 65.8 Å². The number of aromatic nitrogens is 1. The first kappa shape index (κ1) is 25.1. The second kappa shape index (κ2) is 9.79. The summed E-state index contributed by atoms with van der Waals surface area (Å²) in [5.41, 5.74) is 2.37. The molecule has 0 saturated carbocycles. The van der Waals surface area contributed by atoms with E-state index in [1.54, 1.807) is 6.07 Å². The molecule has 2 atom stereocenters.